The maximum Gasteiger partial charge on any atom is 0.307 e. The van der Waals surface area contributed by atoms with Gasteiger partial charge in [0.2, 0.25) is 0 Å². The molecule has 160 valence electrons. The van der Waals surface area contributed by atoms with E-state index in [0.717, 1.165) is 22.6 Å². The van der Waals surface area contributed by atoms with Crippen molar-refractivity contribution in [2.45, 2.75) is 13.2 Å². The number of nitro groups is 1. The number of benzene rings is 2. The number of nitrogens with one attached hydrogen (secondary N) is 1. The maximum atomic E-state index is 11.9. The highest BCUT2D eigenvalue weighted by molar-refractivity contribution is 6.31. The van der Waals surface area contributed by atoms with Gasteiger partial charge in [-0.2, -0.15) is 10.2 Å². The SMILES string of the molecule is COc1cc(/C=N/NC(=O)Cn2cc([N+](=O)[O-])cn2)ccc1OCc1ccccc1Cl. The minimum absolute atomic E-state index is 0.194. The Kier molecular flexibility index (Phi) is 7.17. The molecule has 0 aliphatic carbocycles. The molecule has 2 aromatic carbocycles. The number of carbonyl (C=O) groups is 1. The standard InChI is InChI=1S/C20H18ClN5O5/c1-30-19-8-14(6-7-18(19)31-13-15-4-2-3-5-17(15)21)9-22-24-20(27)12-25-11-16(10-23-25)26(28)29/h2-11H,12-13H2,1H3,(H,24,27)/b22-9+. The molecule has 3 rings (SSSR count). The van der Waals surface area contributed by atoms with Gasteiger partial charge in [0.1, 0.15) is 25.5 Å². The van der Waals surface area contributed by atoms with Crippen molar-refractivity contribution in [1.29, 1.82) is 0 Å². The number of aromatic nitrogens is 2. The fourth-order valence-electron chi connectivity index (χ4n) is 2.55. The molecule has 3 aromatic rings. The Hall–Kier alpha value is -3.92. The molecular weight excluding hydrogens is 426 g/mol. The van der Waals surface area contributed by atoms with Gasteiger partial charge in [0, 0.05) is 10.6 Å². The van der Waals surface area contributed by atoms with Gasteiger partial charge in [-0.3, -0.25) is 19.6 Å². The van der Waals surface area contributed by atoms with E-state index in [1.807, 2.05) is 18.2 Å². The predicted octanol–water partition coefficient (Wildman–Crippen LogP) is 3.18. The molecule has 11 heteroatoms. The zero-order valence-electron chi connectivity index (χ0n) is 16.4. The van der Waals surface area contributed by atoms with Gasteiger partial charge in [0.05, 0.1) is 18.2 Å². The molecule has 1 heterocycles. The highest BCUT2D eigenvalue weighted by atomic mass is 35.5. The Morgan fingerprint density at radius 1 is 1.32 bits per heavy atom. The normalized spacial score (nSPS) is 10.8. The molecule has 0 spiro atoms. The fraction of sp³-hybridized carbons (Fsp3) is 0.150. The lowest BCUT2D eigenvalue weighted by Gasteiger charge is -2.12. The molecule has 0 bridgehead atoms. The third-order valence-electron chi connectivity index (χ3n) is 4.07. The summed E-state index contributed by atoms with van der Waals surface area (Å²) in [6, 6.07) is 12.6. The zero-order chi connectivity index (χ0) is 22.2. The van der Waals surface area contributed by atoms with Gasteiger partial charge < -0.3 is 9.47 Å². The molecule has 1 N–H and O–H groups in total. The van der Waals surface area contributed by atoms with Gasteiger partial charge in [-0.1, -0.05) is 29.8 Å². The predicted molar refractivity (Wildman–Crippen MR) is 113 cm³/mol. The molecule has 0 radical (unpaired) electrons. The van der Waals surface area contributed by atoms with E-state index in [0.29, 0.717) is 22.1 Å². The second-order valence-corrected chi connectivity index (χ2v) is 6.64. The summed E-state index contributed by atoms with van der Waals surface area (Å²) in [5.74, 6) is 0.538. The molecule has 1 aromatic heterocycles. The number of rotatable bonds is 9. The molecule has 0 aliphatic rings. The summed E-state index contributed by atoms with van der Waals surface area (Å²) in [6.07, 6.45) is 3.66. The number of ether oxygens (including phenoxy) is 2. The Bertz CT molecular complexity index is 1110. The van der Waals surface area contributed by atoms with Gasteiger partial charge >= 0.3 is 5.69 Å². The van der Waals surface area contributed by atoms with Crippen LogP contribution in [0.25, 0.3) is 0 Å². The molecule has 0 unspecified atom stereocenters. The van der Waals surface area contributed by atoms with Crippen LogP contribution < -0.4 is 14.9 Å². The summed E-state index contributed by atoms with van der Waals surface area (Å²) in [6.45, 7) is 0.0778. The Labute approximate surface area is 182 Å². The molecule has 0 atom stereocenters. The summed E-state index contributed by atoms with van der Waals surface area (Å²) in [4.78, 5) is 21.9. The van der Waals surface area contributed by atoms with E-state index >= 15 is 0 Å². The van der Waals surface area contributed by atoms with Crippen LogP contribution in [0.4, 0.5) is 5.69 Å². The van der Waals surface area contributed by atoms with Crippen molar-refractivity contribution in [2.24, 2.45) is 5.10 Å². The van der Waals surface area contributed by atoms with Crippen molar-refractivity contribution < 1.29 is 19.2 Å². The van der Waals surface area contributed by atoms with E-state index in [9.17, 15) is 14.9 Å². The van der Waals surface area contributed by atoms with Crippen LogP contribution in [0.2, 0.25) is 5.02 Å². The molecular formula is C20H18ClN5O5. The minimum Gasteiger partial charge on any atom is -0.493 e. The lowest BCUT2D eigenvalue weighted by Crippen LogP contribution is -2.23. The Balaban J connectivity index is 1.57. The first-order chi connectivity index (χ1) is 15.0. The van der Waals surface area contributed by atoms with Crippen LogP contribution in [0.15, 0.2) is 60.0 Å². The van der Waals surface area contributed by atoms with Gasteiger partial charge in [-0.25, -0.2) is 5.43 Å². The van der Waals surface area contributed by atoms with Crippen molar-refractivity contribution in [3.63, 3.8) is 0 Å². The van der Waals surface area contributed by atoms with Crippen LogP contribution >= 0.6 is 11.6 Å². The summed E-state index contributed by atoms with van der Waals surface area (Å²) in [5.41, 5.74) is 3.65. The fourth-order valence-corrected chi connectivity index (χ4v) is 2.74. The number of hydrogen-bond acceptors (Lipinski definition) is 7. The lowest BCUT2D eigenvalue weighted by molar-refractivity contribution is -0.385. The Morgan fingerprint density at radius 2 is 2.13 bits per heavy atom. The number of amides is 1. The number of hydrogen-bond donors (Lipinski definition) is 1. The average molecular weight is 444 g/mol. The van der Waals surface area contributed by atoms with Crippen molar-refractivity contribution in [3.05, 3.63) is 81.1 Å². The summed E-state index contributed by atoms with van der Waals surface area (Å²) in [5, 5.41) is 18.9. The number of hydrazone groups is 1. The van der Waals surface area contributed by atoms with Gasteiger partial charge in [-0.15, -0.1) is 0 Å². The molecule has 31 heavy (non-hydrogen) atoms. The second-order valence-electron chi connectivity index (χ2n) is 6.24. The first-order valence-corrected chi connectivity index (χ1v) is 9.37. The molecule has 0 aliphatic heterocycles. The summed E-state index contributed by atoms with van der Waals surface area (Å²) >= 11 is 6.14. The third kappa shape index (κ3) is 6.03. The largest absolute Gasteiger partial charge is 0.493 e. The van der Waals surface area contributed by atoms with Gasteiger partial charge in [0.25, 0.3) is 5.91 Å². The second kappa shape index (κ2) is 10.2. The lowest BCUT2D eigenvalue weighted by atomic mass is 10.2. The van der Waals surface area contributed by atoms with E-state index in [1.165, 1.54) is 13.3 Å². The quantitative estimate of drug-likeness (QED) is 0.308. The molecule has 10 nitrogen and oxygen atoms in total. The Morgan fingerprint density at radius 3 is 2.84 bits per heavy atom. The van der Waals surface area contributed by atoms with E-state index < -0.39 is 10.8 Å². The van der Waals surface area contributed by atoms with E-state index in [4.69, 9.17) is 21.1 Å². The van der Waals surface area contributed by atoms with Crippen LogP contribution in [-0.2, 0) is 17.9 Å². The number of halogens is 1. The van der Waals surface area contributed by atoms with E-state index in [2.05, 4.69) is 15.6 Å². The monoisotopic (exact) mass is 443 g/mol. The zero-order valence-corrected chi connectivity index (χ0v) is 17.2. The first-order valence-electron chi connectivity index (χ1n) is 8.99. The number of nitrogens with zero attached hydrogens (tertiary/aromatic N) is 4. The van der Waals surface area contributed by atoms with Crippen LogP contribution in [0.3, 0.4) is 0 Å². The topological polar surface area (TPSA) is 121 Å². The molecule has 0 saturated carbocycles. The molecule has 0 saturated heterocycles. The summed E-state index contributed by atoms with van der Waals surface area (Å²) < 4.78 is 12.3. The number of methoxy groups -OCH3 is 1. The van der Waals surface area contributed by atoms with E-state index in [-0.39, 0.29) is 18.8 Å². The van der Waals surface area contributed by atoms with Crippen molar-refractivity contribution in [1.82, 2.24) is 15.2 Å². The maximum absolute atomic E-state index is 11.9. The molecule has 1 amide bonds. The van der Waals surface area contributed by atoms with E-state index in [1.54, 1.807) is 24.3 Å². The van der Waals surface area contributed by atoms with Crippen LogP contribution in [0.1, 0.15) is 11.1 Å². The summed E-state index contributed by atoms with van der Waals surface area (Å²) in [7, 11) is 1.52. The number of carbonyl (C=O) groups excluding carboxylic acids is 1. The highest BCUT2D eigenvalue weighted by Gasteiger charge is 2.11. The van der Waals surface area contributed by atoms with Crippen LogP contribution in [-0.4, -0.2) is 33.9 Å². The third-order valence-corrected chi connectivity index (χ3v) is 4.44. The van der Waals surface area contributed by atoms with Gasteiger partial charge in [0.15, 0.2) is 11.5 Å². The van der Waals surface area contributed by atoms with Gasteiger partial charge in [-0.05, 0) is 29.8 Å². The van der Waals surface area contributed by atoms with Crippen LogP contribution in [0, 0.1) is 10.1 Å². The smallest absolute Gasteiger partial charge is 0.307 e. The minimum atomic E-state index is -0.589. The first kappa shape index (κ1) is 21.8. The van der Waals surface area contributed by atoms with Crippen molar-refractivity contribution in [2.75, 3.05) is 7.11 Å². The van der Waals surface area contributed by atoms with Crippen molar-refractivity contribution >= 4 is 29.4 Å². The van der Waals surface area contributed by atoms with Crippen molar-refractivity contribution in [3.8, 4) is 11.5 Å². The highest BCUT2D eigenvalue weighted by Crippen LogP contribution is 2.29. The van der Waals surface area contributed by atoms with Crippen LogP contribution in [0.5, 0.6) is 11.5 Å². The molecule has 0 fully saturated rings. The average Bonchev–Trinajstić information content (AvgIpc) is 3.22.